The van der Waals surface area contributed by atoms with Gasteiger partial charge in [-0.2, -0.15) is 0 Å². The van der Waals surface area contributed by atoms with E-state index in [2.05, 4.69) is 9.97 Å². The lowest BCUT2D eigenvalue weighted by Gasteiger charge is -2.02. The normalized spacial score (nSPS) is 10.5. The van der Waals surface area contributed by atoms with E-state index in [-0.39, 0.29) is 12.3 Å². The SMILES string of the molecule is O=C(OCc1cc2cc([N+](=O)[O-])ccc2[nH]1)c1cccnc1. The van der Waals surface area contributed by atoms with Crippen molar-refractivity contribution in [2.75, 3.05) is 0 Å². The van der Waals surface area contributed by atoms with Gasteiger partial charge in [-0.25, -0.2) is 4.79 Å². The van der Waals surface area contributed by atoms with Crippen LogP contribution in [0.1, 0.15) is 16.1 Å². The van der Waals surface area contributed by atoms with Crippen LogP contribution in [-0.4, -0.2) is 20.9 Å². The van der Waals surface area contributed by atoms with Gasteiger partial charge in [0.15, 0.2) is 0 Å². The smallest absolute Gasteiger partial charge is 0.340 e. The van der Waals surface area contributed by atoms with E-state index in [4.69, 9.17) is 4.74 Å². The molecule has 7 nitrogen and oxygen atoms in total. The topological polar surface area (TPSA) is 98.1 Å². The zero-order valence-electron chi connectivity index (χ0n) is 11.4. The number of aromatic amines is 1. The third-order valence-corrected chi connectivity index (χ3v) is 3.13. The number of carbonyl (C=O) groups excluding carboxylic acids is 1. The number of aromatic nitrogens is 2. The highest BCUT2D eigenvalue weighted by molar-refractivity contribution is 5.89. The highest BCUT2D eigenvalue weighted by Gasteiger charge is 2.11. The average Bonchev–Trinajstić information content (AvgIpc) is 2.95. The molecular formula is C15H11N3O4. The van der Waals surface area contributed by atoms with Crippen molar-refractivity contribution in [3.05, 3.63) is 70.2 Å². The molecule has 0 spiro atoms. The van der Waals surface area contributed by atoms with Gasteiger partial charge in [0.1, 0.15) is 6.61 Å². The van der Waals surface area contributed by atoms with Crippen LogP contribution < -0.4 is 0 Å². The van der Waals surface area contributed by atoms with Crippen molar-refractivity contribution in [2.45, 2.75) is 6.61 Å². The molecule has 2 aromatic heterocycles. The molecule has 2 heterocycles. The Balaban J connectivity index is 1.74. The van der Waals surface area contributed by atoms with E-state index in [1.807, 2.05) is 0 Å². The number of esters is 1. The molecule has 0 bridgehead atoms. The average molecular weight is 297 g/mol. The molecule has 0 aliphatic carbocycles. The van der Waals surface area contributed by atoms with Gasteiger partial charge in [0.05, 0.1) is 16.2 Å². The van der Waals surface area contributed by atoms with Crippen LogP contribution in [0.3, 0.4) is 0 Å². The third-order valence-electron chi connectivity index (χ3n) is 3.13. The molecule has 3 rings (SSSR count). The Morgan fingerprint density at radius 3 is 2.91 bits per heavy atom. The molecule has 7 heteroatoms. The summed E-state index contributed by atoms with van der Waals surface area (Å²) < 4.78 is 5.18. The fourth-order valence-electron chi connectivity index (χ4n) is 2.08. The summed E-state index contributed by atoms with van der Waals surface area (Å²) >= 11 is 0. The zero-order valence-corrected chi connectivity index (χ0v) is 11.4. The van der Waals surface area contributed by atoms with Crippen molar-refractivity contribution >= 4 is 22.6 Å². The number of non-ortho nitro benzene ring substituents is 1. The standard InChI is InChI=1S/C15H11N3O4/c19-15(10-2-1-5-16-8-10)22-9-12-6-11-7-13(18(20)21)3-4-14(11)17-12/h1-8,17H,9H2. The van der Waals surface area contributed by atoms with E-state index >= 15 is 0 Å². The number of hydrogen-bond donors (Lipinski definition) is 1. The molecule has 0 aliphatic heterocycles. The Kier molecular flexibility index (Phi) is 3.53. The molecule has 0 atom stereocenters. The first-order chi connectivity index (χ1) is 10.6. The number of nitrogens with zero attached hydrogens (tertiary/aromatic N) is 2. The Morgan fingerprint density at radius 2 is 2.18 bits per heavy atom. The number of benzene rings is 1. The number of carbonyl (C=O) groups is 1. The monoisotopic (exact) mass is 297 g/mol. The van der Waals surface area contributed by atoms with Crippen LogP contribution in [0.5, 0.6) is 0 Å². The summed E-state index contributed by atoms with van der Waals surface area (Å²) in [5.41, 5.74) is 1.80. The predicted molar refractivity (Wildman–Crippen MR) is 78.3 cm³/mol. The molecule has 0 saturated carbocycles. The maximum Gasteiger partial charge on any atom is 0.340 e. The van der Waals surface area contributed by atoms with Gasteiger partial charge in [0, 0.05) is 35.4 Å². The number of hydrogen-bond acceptors (Lipinski definition) is 5. The Bertz CT molecular complexity index is 842. The highest BCUT2D eigenvalue weighted by atomic mass is 16.6. The molecule has 0 fully saturated rings. The van der Waals surface area contributed by atoms with E-state index in [1.165, 1.54) is 18.3 Å². The maximum absolute atomic E-state index is 11.8. The van der Waals surface area contributed by atoms with E-state index < -0.39 is 10.9 Å². The number of nitrogens with one attached hydrogen (secondary N) is 1. The molecule has 0 unspecified atom stereocenters. The van der Waals surface area contributed by atoms with E-state index in [9.17, 15) is 14.9 Å². The second kappa shape index (κ2) is 5.65. The van der Waals surface area contributed by atoms with Crippen molar-refractivity contribution in [1.29, 1.82) is 0 Å². The van der Waals surface area contributed by atoms with Gasteiger partial charge in [-0.3, -0.25) is 15.1 Å². The fraction of sp³-hybridized carbons (Fsp3) is 0.0667. The van der Waals surface area contributed by atoms with Crippen molar-refractivity contribution < 1.29 is 14.5 Å². The molecular weight excluding hydrogens is 286 g/mol. The molecule has 0 amide bonds. The van der Waals surface area contributed by atoms with Crippen molar-refractivity contribution in [2.24, 2.45) is 0 Å². The summed E-state index contributed by atoms with van der Waals surface area (Å²) in [5, 5.41) is 11.4. The number of nitro groups is 1. The highest BCUT2D eigenvalue weighted by Crippen LogP contribution is 2.22. The molecule has 1 N–H and O–H groups in total. The number of rotatable bonds is 4. The number of pyridine rings is 1. The zero-order chi connectivity index (χ0) is 15.5. The summed E-state index contributed by atoms with van der Waals surface area (Å²) in [6.45, 7) is 0.0518. The van der Waals surface area contributed by atoms with Crippen LogP contribution >= 0.6 is 0 Å². The lowest BCUT2D eigenvalue weighted by atomic mass is 10.2. The largest absolute Gasteiger partial charge is 0.456 e. The summed E-state index contributed by atoms with van der Waals surface area (Å²) in [4.78, 5) is 29.0. The number of nitro benzene ring substituents is 1. The van der Waals surface area contributed by atoms with Crippen LogP contribution in [0, 0.1) is 10.1 Å². The minimum absolute atomic E-state index is 0.0189. The molecule has 0 aliphatic rings. The minimum atomic E-state index is -0.474. The van der Waals surface area contributed by atoms with Gasteiger partial charge < -0.3 is 9.72 Å². The number of H-pyrrole nitrogens is 1. The van der Waals surface area contributed by atoms with Crippen molar-refractivity contribution in [3.8, 4) is 0 Å². The lowest BCUT2D eigenvalue weighted by Crippen LogP contribution is -2.05. The molecule has 0 saturated heterocycles. The Labute approximate surface area is 124 Å². The van der Waals surface area contributed by atoms with Gasteiger partial charge in [-0.1, -0.05) is 0 Å². The molecule has 110 valence electrons. The third kappa shape index (κ3) is 2.78. The van der Waals surface area contributed by atoms with Crippen LogP contribution in [0.2, 0.25) is 0 Å². The summed E-state index contributed by atoms with van der Waals surface area (Å²) in [7, 11) is 0. The number of ether oxygens (including phenoxy) is 1. The summed E-state index contributed by atoms with van der Waals surface area (Å²) in [6.07, 6.45) is 3.00. The first-order valence-electron chi connectivity index (χ1n) is 6.47. The van der Waals surface area contributed by atoms with Gasteiger partial charge in [0.2, 0.25) is 0 Å². The second-order valence-electron chi connectivity index (χ2n) is 4.64. The van der Waals surface area contributed by atoms with Crippen LogP contribution in [-0.2, 0) is 11.3 Å². The van der Waals surface area contributed by atoms with Crippen molar-refractivity contribution in [1.82, 2.24) is 9.97 Å². The molecule has 0 radical (unpaired) electrons. The maximum atomic E-state index is 11.8. The van der Waals surface area contributed by atoms with E-state index in [0.717, 1.165) is 5.52 Å². The second-order valence-corrected chi connectivity index (χ2v) is 4.64. The first-order valence-corrected chi connectivity index (χ1v) is 6.47. The van der Waals surface area contributed by atoms with E-state index in [0.29, 0.717) is 16.6 Å². The lowest BCUT2D eigenvalue weighted by molar-refractivity contribution is -0.384. The summed E-state index contributed by atoms with van der Waals surface area (Å²) in [5.74, 6) is -0.474. The fourth-order valence-corrected chi connectivity index (χ4v) is 2.08. The van der Waals surface area contributed by atoms with Gasteiger partial charge in [-0.15, -0.1) is 0 Å². The van der Waals surface area contributed by atoms with Gasteiger partial charge in [-0.05, 0) is 24.3 Å². The van der Waals surface area contributed by atoms with Crippen LogP contribution in [0.25, 0.3) is 10.9 Å². The molecule has 1 aromatic carbocycles. The molecule has 3 aromatic rings. The molecule has 22 heavy (non-hydrogen) atoms. The van der Waals surface area contributed by atoms with Crippen LogP contribution in [0.4, 0.5) is 5.69 Å². The van der Waals surface area contributed by atoms with Crippen LogP contribution in [0.15, 0.2) is 48.8 Å². The number of fused-ring (bicyclic) bond motifs is 1. The van der Waals surface area contributed by atoms with Gasteiger partial charge >= 0.3 is 5.97 Å². The minimum Gasteiger partial charge on any atom is -0.456 e. The Hall–Kier alpha value is -3.22. The Morgan fingerprint density at radius 1 is 1.32 bits per heavy atom. The summed E-state index contributed by atoms with van der Waals surface area (Å²) in [6, 6.07) is 9.50. The predicted octanol–water partition coefficient (Wildman–Crippen LogP) is 2.83. The van der Waals surface area contributed by atoms with Crippen molar-refractivity contribution in [3.63, 3.8) is 0 Å². The van der Waals surface area contributed by atoms with E-state index in [1.54, 1.807) is 30.5 Å². The quantitative estimate of drug-likeness (QED) is 0.453. The first kappa shape index (κ1) is 13.7. The van der Waals surface area contributed by atoms with Gasteiger partial charge in [0.25, 0.3) is 5.69 Å².